The Morgan fingerprint density at radius 1 is 1.39 bits per heavy atom. The van der Waals surface area contributed by atoms with Crippen molar-refractivity contribution in [3.8, 4) is 0 Å². The van der Waals surface area contributed by atoms with Crippen LogP contribution in [0.25, 0.3) is 10.2 Å². The maximum absolute atomic E-state index is 10.9. The Morgan fingerprint density at radius 2 is 2.17 bits per heavy atom. The van der Waals surface area contributed by atoms with Gasteiger partial charge in [-0.3, -0.25) is 0 Å². The van der Waals surface area contributed by atoms with E-state index >= 15 is 0 Å². The second-order valence-electron chi connectivity index (χ2n) is 4.22. The quantitative estimate of drug-likeness (QED) is 0.857. The minimum Gasteiger partial charge on any atom is -0.478 e. The van der Waals surface area contributed by atoms with Crippen molar-refractivity contribution in [1.29, 1.82) is 0 Å². The minimum atomic E-state index is -0.894. The summed E-state index contributed by atoms with van der Waals surface area (Å²) in [7, 11) is 0. The maximum Gasteiger partial charge on any atom is 0.335 e. The second-order valence-corrected chi connectivity index (χ2v) is 5.23. The zero-order valence-corrected chi connectivity index (χ0v) is 10.5. The van der Waals surface area contributed by atoms with Crippen LogP contribution in [0.1, 0.15) is 10.4 Å². The van der Waals surface area contributed by atoms with Crippen LogP contribution in [0.2, 0.25) is 0 Å². The molecule has 1 saturated heterocycles. The minimum absolute atomic E-state index is 0.318. The second kappa shape index (κ2) is 4.55. The Labute approximate surface area is 108 Å². The molecule has 1 aromatic carbocycles. The van der Waals surface area contributed by atoms with Gasteiger partial charge >= 0.3 is 5.97 Å². The Kier molecular flexibility index (Phi) is 2.89. The topological polar surface area (TPSA) is 65.5 Å². The number of carboxylic acid groups (broad SMARTS) is 1. The molecule has 3 rings (SSSR count). The van der Waals surface area contributed by atoms with Crippen LogP contribution in [0.4, 0.5) is 5.13 Å². The van der Waals surface area contributed by atoms with Crippen molar-refractivity contribution in [2.45, 2.75) is 0 Å². The van der Waals surface area contributed by atoms with Gasteiger partial charge in [-0.2, -0.15) is 0 Å². The SMILES string of the molecule is O=C(O)c1ccc2nc(N3CCNCC3)sc2c1. The normalized spacial score (nSPS) is 16.1. The average molecular weight is 263 g/mol. The molecule has 2 heterocycles. The van der Waals surface area contributed by atoms with E-state index in [1.165, 1.54) is 0 Å². The van der Waals surface area contributed by atoms with E-state index in [1.807, 2.05) is 0 Å². The van der Waals surface area contributed by atoms with Crippen molar-refractivity contribution >= 4 is 32.7 Å². The summed E-state index contributed by atoms with van der Waals surface area (Å²) in [5, 5.41) is 13.2. The fourth-order valence-corrected chi connectivity index (χ4v) is 3.09. The number of rotatable bonds is 2. The summed E-state index contributed by atoms with van der Waals surface area (Å²) in [4.78, 5) is 17.7. The first-order valence-electron chi connectivity index (χ1n) is 5.83. The number of anilines is 1. The van der Waals surface area contributed by atoms with Gasteiger partial charge in [0.15, 0.2) is 5.13 Å². The number of hydrogen-bond donors (Lipinski definition) is 2. The predicted molar refractivity (Wildman–Crippen MR) is 71.7 cm³/mol. The predicted octanol–water partition coefficient (Wildman–Crippen LogP) is 1.40. The Bertz CT molecular complexity index is 590. The lowest BCUT2D eigenvalue weighted by atomic mass is 10.2. The van der Waals surface area contributed by atoms with Gasteiger partial charge in [0.05, 0.1) is 15.8 Å². The molecule has 0 radical (unpaired) electrons. The van der Waals surface area contributed by atoms with E-state index in [0.29, 0.717) is 5.56 Å². The van der Waals surface area contributed by atoms with Crippen molar-refractivity contribution in [3.63, 3.8) is 0 Å². The molecule has 1 aromatic heterocycles. The summed E-state index contributed by atoms with van der Waals surface area (Å²) >= 11 is 1.56. The molecule has 94 valence electrons. The summed E-state index contributed by atoms with van der Waals surface area (Å²) in [6.07, 6.45) is 0. The van der Waals surface area contributed by atoms with E-state index in [2.05, 4.69) is 15.2 Å². The molecular formula is C12H13N3O2S. The fraction of sp³-hybridized carbons (Fsp3) is 0.333. The first kappa shape index (κ1) is 11.4. The zero-order chi connectivity index (χ0) is 12.5. The van der Waals surface area contributed by atoms with Gasteiger partial charge in [0.2, 0.25) is 0 Å². The molecule has 0 amide bonds. The summed E-state index contributed by atoms with van der Waals surface area (Å²) in [6, 6.07) is 5.08. The van der Waals surface area contributed by atoms with Crippen molar-refractivity contribution in [3.05, 3.63) is 23.8 Å². The Balaban J connectivity index is 1.97. The molecule has 2 N–H and O–H groups in total. The van der Waals surface area contributed by atoms with E-state index < -0.39 is 5.97 Å². The number of piperazine rings is 1. The van der Waals surface area contributed by atoms with Gasteiger partial charge in [0.25, 0.3) is 0 Å². The van der Waals surface area contributed by atoms with Gasteiger partial charge in [0.1, 0.15) is 0 Å². The van der Waals surface area contributed by atoms with Crippen molar-refractivity contribution in [2.75, 3.05) is 31.1 Å². The molecule has 5 nitrogen and oxygen atoms in total. The number of carboxylic acids is 1. The molecule has 0 unspecified atom stereocenters. The molecule has 1 aliphatic heterocycles. The lowest BCUT2D eigenvalue weighted by molar-refractivity contribution is 0.0697. The van der Waals surface area contributed by atoms with E-state index in [4.69, 9.17) is 5.11 Å². The smallest absolute Gasteiger partial charge is 0.335 e. The standard InChI is InChI=1S/C12H13N3O2S/c16-11(17)8-1-2-9-10(7-8)18-12(14-9)15-5-3-13-4-6-15/h1-2,7,13H,3-6H2,(H,16,17). The molecule has 0 bridgehead atoms. The van der Waals surface area contributed by atoms with E-state index in [9.17, 15) is 4.79 Å². The Hall–Kier alpha value is -1.66. The van der Waals surface area contributed by atoms with Gasteiger partial charge in [0, 0.05) is 26.2 Å². The number of nitrogens with one attached hydrogen (secondary N) is 1. The number of hydrogen-bond acceptors (Lipinski definition) is 5. The van der Waals surface area contributed by atoms with E-state index in [1.54, 1.807) is 29.5 Å². The maximum atomic E-state index is 10.9. The highest BCUT2D eigenvalue weighted by molar-refractivity contribution is 7.22. The average Bonchev–Trinajstić information content (AvgIpc) is 2.82. The Morgan fingerprint density at radius 3 is 2.89 bits per heavy atom. The van der Waals surface area contributed by atoms with E-state index in [-0.39, 0.29) is 0 Å². The largest absolute Gasteiger partial charge is 0.478 e. The third kappa shape index (κ3) is 2.04. The third-order valence-corrected chi connectivity index (χ3v) is 4.09. The first-order chi connectivity index (χ1) is 8.74. The molecule has 0 atom stereocenters. The molecule has 18 heavy (non-hydrogen) atoms. The fourth-order valence-electron chi connectivity index (χ4n) is 2.04. The molecule has 0 aliphatic carbocycles. The lowest BCUT2D eigenvalue weighted by Gasteiger charge is -2.26. The first-order valence-corrected chi connectivity index (χ1v) is 6.65. The summed E-state index contributed by atoms with van der Waals surface area (Å²) in [5.74, 6) is -0.894. The number of aromatic carboxylic acids is 1. The highest BCUT2D eigenvalue weighted by Gasteiger charge is 2.15. The number of carbonyl (C=O) groups is 1. The van der Waals surface area contributed by atoms with Crippen LogP contribution in [0.15, 0.2) is 18.2 Å². The van der Waals surface area contributed by atoms with Crippen molar-refractivity contribution in [1.82, 2.24) is 10.3 Å². The summed E-state index contributed by atoms with van der Waals surface area (Å²) in [6.45, 7) is 3.84. The number of aromatic nitrogens is 1. The number of thiazole rings is 1. The van der Waals surface area contributed by atoms with E-state index in [0.717, 1.165) is 41.5 Å². The molecule has 1 aliphatic rings. The molecule has 0 saturated carbocycles. The van der Waals surface area contributed by atoms with Crippen LogP contribution in [0.3, 0.4) is 0 Å². The number of fused-ring (bicyclic) bond motifs is 1. The summed E-state index contributed by atoms with van der Waals surface area (Å²) in [5.41, 5.74) is 1.19. The van der Waals surface area contributed by atoms with Crippen LogP contribution in [-0.2, 0) is 0 Å². The van der Waals surface area contributed by atoms with Crippen LogP contribution in [-0.4, -0.2) is 42.2 Å². The molecule has 2 aromatic rings. The summed E-state index contributed by atoms with van der Waals surface area (Å²) < 4.78 is 0.934. The zero-order valence-electron chi connectivity index (χ0n) is 9.72. The van der Waals surface area contributed by atoms with Crippen LogP contribution in [0.5, 0.6) is 0 Å². The highest BCUT2D eigenvalue weighted by atomic mass is 32.1. The van der Waals surface area contributed by atoms with Crippen LogP contribution in [0, 0.1) is 0 Å². The number of benzene rings is 1. The molecular weight excluding hydrogens is 250 g/mol. The van der Waals surface area contributed by atoms with Gasteiger partial charge in [-0.05, 0) is 18.2 Å². The monoisotopic (exact) mass is 263 g/mol. The number of nitrogens with zero attached hydrogens (tertiary/aromatic N) is 2. The molecule has 0 spiro atoms. The third-order valence-electron chi connectivity index (χ3n) is 3.01. The van der Waals surface area contributed by atoms with Gasteiger partial charge in [-0.15, -0.1) is 0 Å². The van der Waals surface area contributed by atoms with Crippen LogP contribution < -0.4 is 10.2 Å². The lowest BCUT2D eigenvalue weighted by Crippen LogP contribution is -2.43. The van der Waals surface area contributed by atoms with Gasteiger partial charge < -0.3 is 15.3 Å². The van der Waals surface area contributed by atoms with Gasteiger partial charge in [-0.25, -0.2) is 9.78 Å². The van der Waals surface area contributed by atoms with Crippen molar-refractivity contribution < 1.29 is 9.90 Å². The van der Waals surface area contributed by atoms with Crippen LogP contribution >= 0.6 is 11.3 Å². The molecule has 6 heteroatoms. The molecule has 1 fully saturated rings. The van der Waals surface area contributed by atoms with Crippen molar-refractivity contribution in [2.24, 2.45) is 0 Å². The van der Waals surface area contributed by atoms with Gasteiger partial charge in [-0.1, -0.05) is 11.3 Å². The highest BCUT2D eigenvalue weighted by Crippen LogP contribution is 2.29.